The summed E-state index contributed by atoms with van der Waals surface area (Å²) in [6, 6.07) is 16.3. The second kappa shape index (κ2) is 10.9. The van der Waals surface area contributed by atoms with Crippen molar-refractivity contribution in [3.05, 3.63) is 83.4 Å². The minimum atomic E-state index is -4.01. The second-order valence-corrected chi connectivity index (χ2v) is 12.1. The van der Waals surface area contributed by atoms with Crippen LogP contribution < -0.4 is 20.9 Å². The fourth-order valence-corrected chi connectivity index (χ4v) is 5.26. The molecule has 11 nitrogen and oxygen atoms in total. The van der Waals surface area contributed by atoms with Crippen LogP contribution in [0.15, 0.2) is 76.5 Å². The smallest absolute Gasteiger partial charge is 0.323 e. The average Bonchev–Trinajstić information content (AvgIpc) is 3.39. The van der Waals surface area contributed by atoms with E-state index in [1.54, 1.807) is 30.3 Å². The van der Waals surface area contributed by atoms with E-state index in [0.29, 0.717) is 33.9 Å². The zero-order valence-corrected chi connectivity index (χ0v) is 22.0. The molecule has 0 spiro atoms. The van der Waals surface area contributed by atoms with Gasteiger partial charge in [0.25, 0.3) is 0 Å². The SMILES string of the molecule is N=C(c1cccc(NC(=O)Nc2ccc(S(N)(=O)=O)cc2Cc2ccc(S(N)(=O)=O)cc2)c1)N1CCCC1. The van der Waals surface area contributed by atoms with Crippen molar-refractivity contribution in [2.45, 2.75) is 29.1 Å². The van der Waals surface area contributed by atoms with E-state index in [4.69, 9.17) is 15.7 Å². The molecule has 0 atom stereocenters. The summed E-state index contributed by atoms with van der Waals surface area (Å²) in [7, 11) is -7.87. The quantitative estimate of drug-likeness (QED) is 0.220. The lowest BCUT2D eigenvalue weighted by Crippen LogP contribution is -2.27. The molecular formula is C25H28N6O5S2. The van der Waals surface area contributed by atoms with Crippen LogP contribution in [0.1, 0.15) is 29.5 Å². The highest BCUT2D eigenvalue weighted by molar-refractivity contribution is 7.89. The van der Waals surface area contributed by atoms with Crippen LogP contribution in [0.2, 0.25) is 0 Å². The van der Waals surface area contributed by atoms with Crippen molar-refractivity contribution in [1.29, 1.82) is 5.41 Å². The van der Waals surface area contributed by atoms with Crippen LogP contribution in [-0.4, -0.2) is 46.7 Å². The Hall–Kier alpha value is -3.78. The topological polar surface area (TPSA) is 189 Å². The molecule has 1 heterocycles. The van der Waals surface area contributed by atoms with Crippen molar-refractivity contribution in [1.82, 2.24) is 4.90 Å². The zero-order valence-electron chi connectivity index (χ0n) is 20.3. The number of primary sulfonamides is 2. The van der Waals surface area contributed by atoms with Gasteiger partial charge in [-0.2, -0.15) is 0 Å². The maximum Gasteiger partial charge on any atom is 0.323 e. The summed E-state index contributed by atoms with van der Waals surface area (Å²) >= 11 is 0. The first-order chi connectivity index (χ1) is 17.9. The lowest BCUT2D eigenvalue weighted by atomic mass is 10.0. The van der Waals surface area contributed by atoms with Gasteiger partial charge in [0, 0.05) is 30.0 Å². The van der Waals surface area contributed by atoms with Gasteiger partial charge in [-0.05, 0) is 72.9 Å². The van der Waals surface area contributed by atoms with Gasteiger partial charge >= 0.3 is 6.03 Å². The van der Waals surface area contributed by atoms with E-state index in [9.17, 15) is 21.6 Å². The van der Waals surface area contributed by atoms with Crippen LogP contribution in [0.3, 0.4) is 0 Å². The predicted octanol–water partition coefficient (Wildman–Crippen LogP) is 2.64. The van der Waals surface area contributed by atoms with Crippen molar-refractivity contribution >= 4 is 43.3 Å². The number of anilines is 2. The molecule has 1 saturated heterocycles. The van der Waals surface area contributed by atoms with E-state index in [1.165, 1.54) is 30.3 Å². The number of nitrogens with two attached hydrogens (primary N) is 2. The fraction of sp³-hybridized carbons (Fsp3) is 0.200. The third-order valence-corrected chi connectivity index (χ3v) is 7.96. The monoisotopic (exact) mass is 556 g/mol. The Morgan fingerprint density at radius 3 is 2.11 bits per heavy atom. The third-order valence-electron chi connectivity index (χ3n) is 6.12. The molecule has 0 radical (unpaired) electrons. The Morgan fingerprint density at radius 1 is 0.842 bits per heavy atom. The molecule has 1 aliphatic rings. The number of benzene rings is 3. The number of carbonyl (C=O) groups is 1. The van der Waals surface area contributed by atoms with E-state index >= 15 is 0 Å². The maximum absolute atomic E-state index is 12.9. The summed E-state index contributed by atoms with van der Waals surface area (Å²) in [6.07, 6.45) is 2.27. The summed E-state index contributed by atoms with van der Waals surface area (Å²) in [5.74, 6) is 0.404. The third kappa shape index (κ3) is 6.75. The van der Waals surface area contributed by atoms with Gasteiger partial charge in [-0.1, -0.05) is 24.3 Å². The van der Waals surface area contributed by atoms with E-state index in [0.717, 1.165) is 25.9 Å². The lowest BCUT2D eigenvalue weighted by Gasteiger charge is -2.19. The molecule has 0 aliphatic carbocycles. The lowest BCUT2D eigenvalue weighted by molar-refractivity contribution is 0.262. The minimum absolute atomic E-state index is 0.0580. The van der Waals surface area contributed by atoms with E-state index in [1.807, 2.05) is 11.0 Å². The number of hydrogen-bond donors (Lipinski definition) is 5. The Balaban J connectivity index is 1.54. The summed E-state index contributed by atoms with van der Waals surface area (Å²) < 4.78 is 46.9. The van der Waals surface area contributed by atoms with Gasteiger partial charge in [-0.25, -0.2) is 31.9 Å². The molecular weight excluding hydrogens is 528 g/mol. The number of nitrogens with zero attached hydrogens (tertiary/aromatic N) is 1. The molecule has 0 saturated carbocycles. The second-order valence-electron chi connectivity index (χ2n) is 8.93. The van der Waals surface area contributed by atoms with Crippen molar-refractivity contribution in [3.8, 4) is 0 Å². The van der Waals surface area contributed by atoms with Crippen LogP contribution >= 0.6 is 0 Å². The fourth-order valence-electron chi connectivity index (χ4n) is 4.18. The van der Waals surface area contributed by atoms with E-state index in [-0.39, 0.29) is 16.2 Å². The van der Waals surface area contributed by atoms with Crippen LogP contribution in [0.25, 0.3) is 0 Å². The van der Waals surface area contributed by atoms with Crippen LogP contribution in [0, 0.1) is 5.41 Å². The first kappa shape index (κ1) is 27.3. The molecule has 1 aliphatic heterocycles. The molecule has 4 rings (SSSR count). The van der Waals surface area contributed by atoms with Crippen molar-refractivity contribution in [2.24, 2.45) is 10.3 Å². The molecule has 3 aromatic rings. The number of sulfonamides is 2. The van der Waals surface area contributed by atoms with E-state index in [2.05, 4.69) is 10.6 Å². The first-order valence-electron chi connectivity index (χ1n) is 11.7. The summed E-state index contributed by atoms with van der Waals surface area (Å²) in [5.41, 5.74) is 2.61. The summed E-state index contributed by atoms with van der Waals surface area (Å²) in [4.78, 5) is 14.7. The van der Waals surface area contributed by atoms with Crippen molar-refractivity contribution in [3.63, 3.8) is 0 Å². The summed E-state index contributed by atoms with van der Waals surface area (Å²) in [6.45, 7) is 1.66. The maximum atomic E-state index is 12.9. The standard InChI is InChI=1S/C25H28N6O5S2/c26-24(31-12-1-2-13-31)18-4-3-5-20(15-18)29-25(32)30-23-11-10-22(38(28,35)36)16-19(23)14-17-6-8-21(9-7-17)37(27,33)34/h3-11,15-16,26H,1-2,12-14H2,(H2,27,33,34)(H2,28,35,36)(H2,29,30,32). The normalized spacial score (nSPS) is 13.8. The highest BCUT2D eigenvalue weighted by atomic mass is 32.2. The highest BCUT2D eigenvalue weighted by Crippen LogP contribution is 2.24. The molecule has 0 bridgehead atoms. The number of urea groups is 1. The van der Waals surface area contributed by atoms with Gasteiger partial charge in [0.05, 0.1) is 9.79 Å². The molecule has 7 N–H and O–H groups in total. The molecule has 38 heavy (non-hydrogen) atoms. The molecule has 1 fully saturated rings. The van der Waals surface area contributed by atoms with Gasteiger partial charge in [0.1, 0.15) is 5.84 Å². The van der Waals surface area contributed by atoms with Gasteiger partial charge in [0.2, 0.25) is 20.0 Å². The highest BCUT2D eigenvalue weighted by Gasteiger charge is 2.18. The van der Waals surface area contributed by atoms with Crippen LogP contribution in [-0.2, 0) is 26.5 Å². The molecule has 0 unspecified atom stereocenters. The number of likely N-dealkylation sites (tertiary alicyclic amines) is 1. The Labute approximate surface area is 221 Å². The Kier molecular flexibility index (Phi) is 7.83. The van der Waals surface area contributed by atoms with E-state index < -0.39 is 26.1 Å². The number of nitrogens with one attached hydrogen (secondary N) is 3. The largest absolute Gasteiger partial charge is 0.357 e. The van der Waals surface area contributed by atoms with Crippen molar-refractivity contribution in [2.75, 3.05) is 23.7 Å². The molecule has 200 valence electrons. The van der Waals surface area contributed by atoms with Gasteiger partial charge in [0.15, 0.2) is 0 Å². The predicted molar refractivity (Wildman–Crippen MR) is 145 cm³/mol. The van der Waals surface area contributed by atoms with Gasteiger partial charge in [-0.3, -0.25) is 5.41 Å². The molecule has 2 amide bonds. The number of amidine groups is 1. The van der Waals surface area contributed by atoms with Crippen LogP contribution in [0.4, 0.5) is 16.2 Å². The Morgan fingerprint density at radius 2 is 1.47 bits per heavy atom. The zero-order chi connectivity index (χ0) is 27.5. The van der Waals surface area contributed by atoms with Gasteiger partial charge < -0.3 is 15.5 Å². The average molecular weight is 557 g/mol. The number of carbonyl (C=O) groups excluding carboxylic acids is 1. The Bertz CT molecular complexity index is 1580. The van der Waals surface area contributed by atoms with Crippen LogP contribution in [0.5, 0.6) is 0 Å². The van der Waals surface area contributed by atoms with Gasteiger partial charge in [-0.15, -0.1) is 0 Å². The minimum Gasteiger partial charge on any atom is -0.357 e. The number of hydrogen-bond acceptors (Lipinski definition) is 6. The molecule has 13 heteroatoms. The number of amides is 2. The molecule has 0 aromatic heterocycles. The molecule has 3 aromatic carbocycles. The van der Waals surface area contributed by atoms with Crippen molar-refractivity contribution < 1.29 is 21.6 Å². The number of rotatable bonds is 7. The first-order valence-corrected chi connectivity index (χ1v) is 14.8. The summed E-state index contributed by atoms with van der Waals surface area (Å²) in [5, 5.41) is 24.4.